The van der Waals surface area contributed by atoms with Gasteiger partial charge in [-0.05, 0) is 56.4 Å². The minimum absolute atomic E-state index is 0.516. The predicted octanol–water partition coefficient (Wildman–Crippen LogP) is 3.80. The molecule has 19 heavy (non-hydrogen) atoms. The Labute approximate surface area is 121 Å². The average Bonchev–Trinajstić information content (AvgIpc) is 3.06. The molecule has 2 saturated carbocycles. The van der Waals surface area contributed by atoms with Gasteiger partial charge in [0.2, 0.25) is 0 Å². The zero-order valence-electron chi connectivity index (χ0n) is 12.2. The van der Waals surface area contributed by atoms with Crippen molar-refractivity contribution in [1.82, 2.24) is 10.3 Å². The summed E-state index contributed by atoms with van der Waals surface area (Å²) in [7, 11) is 0. The minimum atomic E-state index is 0.516. The highest BCUT2D eigenvalue weighted by atomic mass is 32.1. The van der Waals surface area contributed by atoms with Crippen LogP contribution in [0.15, 0.2) is 5.38 Å². The summed E-state index contributed by atoms with van der Waals surface area (Å²) in [6, 6.07) is 0. The molecule has 0 saturated heterocycles. The molecule has 0 radical (unpaired) electrons. The van der Waals surface area contributed by atoms with Crippen molar-refractivity contribution in [3.05, 3.63) is 16.1 Å². The SMILES string of the molecule is CCCNCC1(Cc2nc(C)cs2)CC2CCC1C2. The first kappa shape index (κ1) is 13.6. The maximum atomic E-state index is 4.72. The smallest absolute Gasteiger partial charge is 0.0934 e. The van der Waals surface area contributed by atoms with Gasteiger partial charge in [0.1, 0.15) is 0 Å². The number of hydrogen-bond donors (Lipinski definition) is 1. The number of thiazole rings is 1. The van der Waals surface area contributed by atoms with Gasteiger partial charge in [-0.2, -0.15) is 0 Å². The third-order valence-corrected chi connectivity index (χ3v) is 6.14. The Kier molecular flexibility index (Phi) is 3.95. The Morgan fingerprint density at radius 2 is 2.37 bits per heavy atom. The van der Waals surface area contributed by atoms with Crippen LogP contribution < -0.4 is 5.32 Å². The van der Waals surface area contributed by atoms with E-state index in [2.05, 4.69) is 24.5 Å². The Hall–Kier alpha value is -0.410. The van der Waals surface area contributed by atoms with Crippen molar-refractivity contribution in [2.75, 3.05) is 13.1 Å². The first-order valence-electron chi connectivity index (χ1n) is 7.83. The van der Waals surface area contributed by atoms with Crippen LogP contribution in [0, 0.1) is 24.2 Å². The monoisotopic (exact) mass is 278 g/mol. The van der Waals surface area contributed by atoms with E-state index in [0.29, 0.717) is 5.41 Å². The van der Waals surface area contributed by atoms with Gasteiger partial charge in [-0.3, -0.25) is 0 Å². The molecule has 1 N–H and O–H groups in total. The van der Waals surface area contributed by atoms with Crippen molar-refractivity contribution < 1.29 is 0 Å². The van der Waals surface area contributed by atoms with Crippen molar-refractivity contribution >= 4 is 11.3 Å². The zero-order chi connectivity index (χ0) is 13.3. The highest BCUT2D eigenvalue weighted by molar-refractivity contribution is 7.09. The Bertz CT molecular complexity index is 428. The topological polar surface area (TPSA) is 24.9 Å². The molecule has 3 unspecified atom stereocenters. The van der Waals surface area contributed by atoms with E-state index in [1.165, 1.54) is 55.8 Å². The summed E-state index contributed by atoms with van der Waals surface area (Å²) in [5, 5.41) is 7.27. The molecule has 3 rings (SSSR count). The predicted molar refractivity (Wildman–Crippen MR) is 81.6 cm³/mol. The van der Waals surface area contributed by atoms with Gasteiger partial charge in [0.05, 0.1) is 5.01 Å². The number of aromatic nitrogens is 1. The summed E-state index contributed by atoms with van der Waals surface area (Å²) < 4.78 is 0. The minimum Gasteiger partial charge on any atom is -0.316 e. The second-order valence-electron chi connectivity index (χ2n) is 6.68. The standard InChI is InChI=1S/C16H26N2S/c1-3-6-17-11-16(8-13-4-5-14(16)7-13)9-15-18-12(2)10-19-15/h10,13-14,17H,3-9,11H2,1-2H3. The molecular weight excluding hydrogens is 252 g/mol. The van der Waals surface area contributed by atoms with E-state index in [1.54, 1.807) is 0 Å². The summed E-state index contributed by atoms with van der Waals surface area (Å²) in [4.78, 5) is 4.72. The first-order chi connectivity index (χ1) is 9.22. The molecular formula is C16H26N2S. The van der Waals surface area contributed by atoms with Gasteiger partial charge in [0.15, 0.2) is 0 Å². The molecule has 0 aliphatic heterocycles. The molecule has 2 aliphatic rings. The number of aryl methyl sites for hydroxylation is 1. The Morgan fingerprint density at radius 3 is 2.95 bits per heavy atom. The normalized spacial score (nSPS) is 33.2. The van der Waals surface area contributed by atoms with E-state index in [1.807, 2.05) is 11.3 Å². The Morgan fingerprint density at radius 1 is 1.47 bits per heavy atom. The van der Waals surface area contributed by atoms with Gasteiger partial charge in [-0.25, -0.2) is 4.98 Å². The number of rotatable bonds is 6. The van der Waals surface area contributed by atoms with E-state index in [9.17, 15) is 0 Å². The summed E-state index contributed by atoms with van der Waals surface area (Å²) in [5.74, 6) is 1.96. The van der Waals surface area contributed by atoms with Gasteiger partial charge in [-0.1, -0.05) is 13.3 Å². The van der Waals surface area contributed by atoms with Gasteiger partial charge in [0, 0.05) is 24.0 Å². The van der Waals surface area contributed by atoms with Crippen LogP contribution in [-0.2, 0) is 6.42 Å². The van der Waals surface area contributed by atoms with Crippen LogP contribution in [0.2, 0.25) is 0 Å². The van der Waals surface area contributed by atoms with Crippen LogP contribution in [0.25, 0.3) is 0 Å². The molecule has 2 nitrogen and oxygen atoms in total. The maximum Gasteiger partial charge on any atom is 0.0934 e. The fraction of sp³-hybridized carbons (Fsp3) is 0.812. The van der Waals surface area contributed by atoms with E-state index in [4.69, 9.17) is 4.98 Å². The second kappa shape index (κ2) is 5.53. The van der Waals surface area contributed by atoms with Crippen LogP contribution in [0.5, 0.6) is 0 Å². The van der Waals surface area contributed by atoms with Gasteiger partial charge < -0.3 is 5.32 Å². The van der Waals surface area contributed by atoms with E-state index < -0.39 is 0 Å². The largest absolute Gasteiger partial charge is 0.316 e. The van der Waals surface area contributed by atoms with Crippen molar-refractivity contribution in [3.63, 3.8) is 0 Å². The second-order valence-corrected chi connectivity index (χ2v) is 7.62. The summed E-state index contributed by atoms with van der Waals surface area (Å²) >= 11 is 1.86. The van der Waals surface area contributed by atoms with Crippen molar-refractivity contribution in [1.29, 1.82) is 0 Å². The van der Waals surface area contributed by atoms with Crippen LogP contribution in [0.1, 0.15) is 49.7 Å². The lowest BCUT2D eigenvalue weighted by Crippen LogP contribution is -2.40. The molecule has 106 valence electrons. The number of hydrogen-bond acceptors (Lipinski definition) is 3. The highest BCUT2D eigenvalue weighted by Crippen LogP contribution is 2.57. The first-order valence-corrected chi connectivity index (χ1v) is 8.71. The molecule has 0 aromatic carbocycles. The van der Waals surface area contributed by atoms with Crippen LogP contribution in [0.3, 0.4) is 0 Å². The van der Waals surface area contributed by atoms with E-state index >= 15 is 0 Å². The third kappa shape index (κ3) is 2.73. The van der Waals surface area contributed by atoms with Crippen molar-refractivity contribution in [3.8, 4) is 0 Å². The fourth-order valence-corrected chi connectivity index (χ4v) is 5.28. The molecule has 1 heterocycles. The van der Waals surface area contributed by atoms with Gasteiger partial charge in [0.25, 0.3) is 0 Å². The van der Waals surface area contributed by atoms with Gasteiger partial charge >= 0.3 is 0 Å². The molecule has 1 aromatic rings. The molecule has 3 heteroatoms. The lowest BCUT2D eigenvalue weighted by atomic mass is 9.71. The third-order valence-electron chi connectivity index (χ3n) is 5.18. The van der Waals surface area contributed by atoms with Gasteiger partial charge in [-0.15, -0.1) is 11.3 Å². The summed E-state index contributed by atoms with van der Waals surface area (Å²) in [5.41, 5.74) is 1.71. The van der Waals surface area contributed by atoms with E-state index in [-0.39, 0.29) is 0 Å². The van der Waals surface area contributed by atoms with Crippen molar-refractivity contribution in [2.45, 2.75) is 52.4 Å². The fourth-order valence-electron chi connectivity index (χ4n) is 4.35. The molecule has 0 amide bonds. The lowest BCUT2D eigenvalue weighted by molar-refractivity contribution is 0.156. The zero-order valence-corrected chi connectivity index (χ0v) is 13.1. The average molecular weight is 278 g/mol. The molecule has 2 aliphatic carbocycles. The molecule has 3 atom stereocenters. The lowest BCUT2D eigenvalue weighted by Gasteiger charge is -2.37. The quantitative estimate of drug-likeness (QED) is 0.801. The Balaban J connectivity index is 1.73. The van der Waals surface area contributed by atoms with Crippen molar-refractivity contribution in [2.24, 2.45) is 17.3 Å². The summed E-state index contributed by atoms with van der Waals surface area (Å²) in [6.07, 6.45) is 8.31. The molecule has 2 fully saturated rings. The number of nitrogens with zero attached hydrogens (tertiary/aromatic N) is 1. The van der Waals surface area contributed by atoms with Crippen LogP contribution in [0.4, 0.5) is 0 Å². The number of fused-ring (bicyclic) bond motifs is 2. The maximum absolute atomic E-state index is 4.72. The van der Waals surface area contributed by atoms with Crippen LogP contribution >= 0.6 is 11.3 Å². The van der Waals surface area contributed by atoms with Crippen LogP contribution in [-0.4, -0.2) is 18.1 Å². The molecule has 2 bridgehead atoms. The molecule has 1 aromatic heterocycles. The highest BCUT2D eigenvalue weighted by Gasteiger charge is 2.50. The molecule has 0 spiro atoms. The summed E-state index contributed by atoms with van der Waals surface area (Å²) in [6.45, 7) is 6.74. The van der Waals surface area contributed by atoms with E-state index in [0.717, 1.165) is 18.4 Å². The number of nitrogens with one attached hydrogen (secondary N) is 1.